The molecule has 1 rings (SSSR count). The van der Waals surface area contributed by atoms with Crippen LogP contribution in [0.1, 0.15) is 18.1 Å². The molecule has 1 aromatic rings. The lowest BCUT2D eigenvalue weighted by Crippen LogP contribution is -2.34. The molecule has 6 heteroatoms. The second-order valence-electron chi connectivity index (χ2n) is 4.64. The number of benzene rings is 1. The summed E-state index contributed by atoms with van der Waals surface area (Å²) in [7, 11) is 3.16. The molecule has 0 aliphatic rings. The average molecular weight is 294 g/mol. The fourth-order valence-electron chi connectivity index (χ4n) is 1.93. The lowest BCUT2D eigenvalue weighted by Gasteiger charge is -2.13. The minimum Gasteiger partial charge on any atom is -0.496 e. The van der Waals surface area contributed by atoms with Gasteiger partial charge in [0.25, 0.3) is 0 Å². The van der Waals surface area contributed by atoms with Crippen LogP contribution in [0.25, 0.3) is 0 Å². The van der Waals surface area contributed by atoms with Crippen molar-refractivity contribution in [3.8, 4) is 11.5 Å². The number of aryl methyl sites for hydroxylation is 1. The average Bonchev–Trinajstić information content (AvgIpc) is 2.44. The molecule has 0 radical (unpaired) electrons. The predicted molar refractivity (Wildman–Crippen MR) is 79.7 cm³/mol. The highest BCUT2D eigenvalue weighted by molar-refractivity contribution is 5.79. The lowest BCUT2D eigenvalue weighted by molar-refractivity contribution is -0.121. The SMILES string of the molecule is COc1cc(CC(=O)NCCNC(C)=O)c(OC)cc1C. The summed E-state index contributed by atoms with van der Waals surface area (Å²) in [6.07, 6.45) is 0.194. The van der Waals surface area contributed by atoms with Crippen molar-refractivity contribution >= 4 is 11.8 Å². The Bertz CT molecular complexity index is 515. The normalized spacial score (nSPS) is 9.90. The van der Waals surface area contributed by atoms with Crippen LogP contribution in [0.2, 0.25) is 0 Å². The van der Waals surface area contributed by atoms with Crippen LogP contribution in [-0.2, 0) is 16.0 Å². The molecule has 0 aromatic heterocycles. The van der Waals surface area contributed by atoms with Crippen molar-refractivity contribution in [2.45, 2.75) is 20.3 Å². The van der Waals surface area contributed by atoms with E-state index in [1.165, 1.54) is 6.92 Å². The van der Waals surface area contributed by atoms with Gasteiger partial charge in [0, 0.05) is 25.6 Å². The van der Waals surface area contributed by atoms with Crippen molar-refractivity contribution in [3.05, 3.63) is 23.3 Å². The molecule has 0 aliphatic carbocycles. The van der Waals surface area contributed by atoms with E-state index in [9.17, 15) is 9.59 Å². The van der Waals surface area contributed by atoms with E-state index in [4.69, 9.17) is 9.47 Å². The standard InChI is InChI=1S/C15H22N2O4/c1-10-7-14(21-4)12(8-13(10)20-3)9-15(19)17-6-5-16-11(2)18/h7-8H,5-6,9H2,1-4H3,(H,16,18)(H,17,19). The van der Waals surface area contributed by atoms with Gasteiger partial charge in [0.05, 0.1) is 20.6 Å². The Hall–Kier alpha value is -2.24. The summed E-state index contributed by atoms with van der Waals surface area (Å²) in [6, 6.07) is 3.65. The molecule has 0 atom stereocenters. The second kappa shape index (κ2) is 8.14. The van der Waals surface area contributed by atoms with Crippen LogP contribution in [0.15, 0.2) is 12.1 Å². The molecular weight excluding hydrogens is 272 g/mol. The summed E-state index contributed by atoms with van der Waals surface area (Å²) in [4.78, 5) is 22.6. The van der Waals surface area contributed by atoms with E-state index in [0.29, 0.717) is 18.8 Å². The van der Waals surface area contributed by atoms with Crippen molar-refractivity contribution in [2.75, 3.05) is 27.3 Å². The summed E-state index contributed by atoms with van der Waals surface area (Å²) in [5.41, 5.74) is 1.71. The van der Waals surface area contributed by atoms with Gasteiger partial charge in [-0.15, -0.1) is 0 Å². The molecule has 6 nitrogen and oxygen atoms in total. The van der Waals surface area contributed by atoms with E-state index in [1.54, 1.807) is 14.2 Å². The summed E-state index contributed by atoms with van der Waals surface area (Å²) in [6.45, 7) is 4.16. The Morgan fingerprint density at radius 1 is 1.05 bits per heavy atom. The predicted octanol–water partition coefficient (Wildman–Crippen LogP) is 0.807. The first-order chi connectivity index (χ1) is 9.97. The third kappa shape index (κ3) is 5.33. The van der Waals surface area contributed by atoms with Crippen LogP contribution in [0.3, 0.4) is 0 Å². The van der Waals surface area contributed by atoms with Gasteiger partial charge in [0.1, 0.15) is 11.5 Å². The number of nitrogens with one attached hydrogen (secondary N) is 2. The van der Waals surface area contributed by atoms with Gasteiger partial charge in [-0.05, 0) is 24.6 Å². The highest BCUT2D eigenvalue weighted by Gasteiger charge is 2.12. The zero-order chi connectivity index (χ0) is 15.8. The van der Waals surface area contributed by atoms with Crippen LogP contribution >= 0.6 is 0 Å². The molecule has 0 spiro atoms. The van der Waals surface area contributed by atoms with Crippen molar-refractivity contribution in [3.63, 3.8) is 0 Å². The molecule has 0 fully saturated rings. The van der Waals surface area contributed by atoms with Gasteiger partial charge in [-0.2, -0.15) is 0 Å². The van der Waals surface area contributed by atoms with E-state index >= 15 is 0 Å². The van der Waals surface area contributed by atoms with Gasteiger partial charge < -0.3 is 20.1 Å². The van der Waals surface area contributed by atoms with Crippen molar-refractivity contribution in [1.82, 2.24) is 10.6 Å². The third-order valence-corrected chi connectivity index (χ3v) is 2.97. The van der Waals surface area contributed by atoms with Crippen LogP contribution < -0.4 is 20.1 Å². The maximum atomic E-state index is 11.9. The van der Waals surface area contributed by atoms with E-state index in [-0.39, 0.29) is 18.2 Å². The quantitative estimate of drug-likeness (QED) is 0.730. The monoisotopic (exact) mass is 294 g/mol. The van der Waals surface area contributed by atoms with Gasteiger partial charge in [-0.3, -0.25) is 9.59 Å². The molecular formula is C15H22N2O4. The number of carbonyl (C=O) groups is 2. The topological polar surface area (TPSA) is 76.7 Å². The number of ether oxygens (including phenoxy) is 2. The maximum Gasteiger partial charge on any atom is 0.224 e. The van der Waals surface area contributed by atoms with Gasteiger partial charge in [-0.1, -0.05) is 0 Å². The Balaban J connectivity index is 2.64. The smallest absolute Gasteiger partial charge is 0.224 e. The molecule has 0 saturated heterocycles. The largest absolute Gasteiger partial charge is 0.496 e. The van der Waals surface area contributed by atoms with Crippen LogP contribution in [0.4, 0.5) is 0 Å². The summed E-state index contributed by atoms with van der Waals surface area (Å²) in [5.74, 6) is 1.13. The summed E-state index contributed by atoms with van der Waals surface area (Å²) in [5, 5.41) is 5.35. The number of carbonyl (C=O) groups excluding carboxylic acids is 2. The van der Waals surface area contributed by atoms with Crippen molar-refractivity contribution in [2.24, 2.45) is 0 Å². The second-order valence-corrected chi connectivity index (χ2v) is 4.64. The fraction of sp³-hybridized carbons (Fsp3) is 0.467. The number of amides is 2. The molecule has 0 aliphatic heterocycles. The first kappa shape index (κ1) is 16.8. The van der Waals surface area contributed by atoms with Gasteiger partial charge >= 0.3 is 0 Å². The molecule has 0 bridgehead atoms. The Morgan fingerprint density at radius 3 is 2.24 bits per heavy atom. The number of methoxy groups -OCH3 is 2. The third-order valence-electron chi connectivity index (χ3n) is 2.97. The van der Waals surface area contributed by atoms with Crippen LogP contribution in [0, 0.1) is 6.92 Å². The number of rotatable bonds is 7. The van der Waals surface area contributed by atoms with Gasteiger partial charge in [0.15, 0.2) is 0 Å². The first-order valence-corrected chi connectivity index (χ1v) is 6.70. The Kier molecular flexibility index (Phi) is 6.52. The van der Waals surface area contributed by atoms with Crippen LogP contribution in [-0.4, -0.2) is 39.1 Å². The van der Waals surface area contributed by atoms with Gasteiger partial charge in [-0.25, -0.2) is 0 Å². The number of hydrogen-bond donors (Lipinski definition) is 2. The summed E-state index contributed by atoms with van der Waals surface area (Å²) >= 11 is 0. The van der Waals surface area contributed by atoms with Gasteiger partial charge in [0.2, 0.25) is 11.8 Å². The zero-order valence-electron chi connectivity index (χ0n) is 12.9. The fourth-order valence-corrected chi connectivity index (χ4v) is 1.93. The molecule has 0 heterocycles. The van der Waals surface area contributed by atoms with E-state index in [1.807, 2.05) is 19.1 Å². The Labute approximate surface area is 124 Å². The Morgan fingerprint density at radius 2 is 1.67 bits per heavy atom. The molecule has 1 aromatic carbocycles. The lowest BCUT2D eigenvalue weighted by atomic mass is 10.1. The maximum absolute atomic E-state index is 11.9. The molecule has 2 N–H and O–H groups in total. The van der Waals surface area contributed by atoms with Crippen molar-refractivity contribution in [1.29, 1.82) is 0 Å². The highest BCUT2D eigenvalue weighted by Crippen LogP contribution is 2.28. The van der Waals surface area contributed by atoms with E-state index in [2.05, 4.69) is 10.6 Å². The molecule has 0 unspecified atom stereocenters. The summed E-state index contributed by atoms with van der Waals surface area (Å²) < 4.78 is 10.5. The minimum atomic E-state index is -0.135. The minimum absolute atomic E-state index is 0.116. The first-order valence-electron chi connectivity index (χ1n) is 6.70. The number of hydrogen-bond acceptors (Lipinski definition) is 4. The molecule has 116 valence electrons. The van der Waals surface area contributed by atoms with E-state index < -0.39 is 0 Å². The molecule has 0 saturated carbocycles. The zero-order valence-corrected chi connectivity index (χ0v) is 12.9. The van der Waals surface area contributed by atoms with Crippen LogP contribution in [0.5, 0.6) is 11.5 Å². The highest BCUT2D eigenvalue weighted by atomic mass is 16.5. The van der Waals surface area contributed by atoms with E-state index in [0.717, 1.165) is 16.9 Å². The molecule has 2 amide bonds. The molecule has 21 heavy (non-hydrogen) atoms. The van der Waals surface area contributed by atoms with Crippen molar-refractivity contribution < 1.29 is 19.1 Å².